The number of benzene rings is 2. The second-order valence-corrected chi connectivity index (χ2v) is 9.72. The van der Waals surface area contributed by atoms with Gasteiger partial charge in [0, 0.05) is 19.2 Å². The predicted molar refractivity (Wildman–Crippen MR) is 161 cm³/mol. The molecule has 0 amide bonds. The van der Waals surface area contributed by atoms with E-state index in [-0.39, 0.29) is 18.5 Å². The van der Waals surface area contributed by atoms with Crippen LogP contribution in [0.2, 0.25) is 0 Å². The molecule has 1 N–H and O–H groups in total. The van der Waals surface area contributed by atoms with Crippen molar-refractivity contribution in [2.24, 2.45) is 0 Å². The number of hydrogen-bond donors (Lipinski definition) is 1. The first-order valence-electron chi connectivity index (χ1n) is 14.8. The average Bonchev–Trinajstić information content (AvgIpc) is 3.00. The Bertz CT molecular complexity index is 992. The first-order valence-corrected chi connectivity index (χ1v) is 14.8. The van der Waals surface area contributed by atoms with Gasteiger partial charge in [-0.25, -0.2) is 4.79 Å². The van der Waals surface area contributed by atoms with Crippen LogP contribution < -0.4 is 9.47 Å². The summed E-state index contributed by atoms with van der Waals surface area (Å²) in [6.45, 7) is 9.66. The van der Waals surface area contributed by atoms with E-state index < -0.39 is 0 Å². The lowest BCUT2D eigenvalue weighted by molar-refractivity contribution is -0.144. The molecule has 0 spiro atoms. The molecule has 0 heterocycles. The van der Waals surface area contributed by atoms with Crippen LogP contribution in [0.5, 0.6) is 11.5 Å². The number of aliphatic hydroxyl groups excluding tert-OH is 1. The molecule has 0 atom stereocenters. The minimum Gasteiger partial charge on any atom is -0.494 e. The Hall–Kier alpha value is -3.36. The molecular weight excluding hydrogens is 522 g/mol. The first kappa shape index (κ1) is 33.8. The van der Waals surface area contributed by atoms with Gasteiger partial charge in [-0.3, -0.25) is 4.79 Å². The molecule has 0 bridgehead atoms. The summed E-state index contributed by atoms with van der Waals surface area (Å²) in [4.78, 5) is 24.9. The Labute approximate surface area is 245 Å². The molecule has 2 rings (SSSR count). The van der Waals surface area contributed by atoms with Crippen molar-refractivity contribution in [3.8, 4) is 22.6 Å². The summed E-state index contributed by atoms with van der Waals surface area (Å²) >= 11 is 0. The van der Waals surface area contributed by atoms with Crippen molar-refractivity contribution in [2.45, 2.75) is 58.3 Å². The van der Waals surface area contributed by atoms with Gasteiger partial charge in [0.05, 0.1) is 39.5 Å². The fraction of sp³-hybridized carbons (Fsp3) is 0.515. The highest BCUT2D eigenvalue weighted by Crippen LogP contribution is 2.25. The third kappa shape index (κ3) is 15.3. The van der Waals surface area contributed by atoms with Crippen molar-refractivity contribution in [3.63, 3.8) is 0 Å². The molecule has 0 radical (unpaired) electrons. The third-order valence-corrected chi connectivity index (χ3v) is 6.58. The average molecular weight is 570 g/mol. The largest absolute Gasteiger partial charge is 0.494 e. The van der Waals surface area contributed by atoms with E-state index in [1.54, 1.807) is 0 Å². The number of carbonyl (C=O) groups excluding carboxylic acids is 2. The van der Waals surface area contributed by atoms with E-state index in [0.29, 0.717) is 45.9 Å². The minimum absolute atomic E-state index is 0.103. The number of unbranched alkanes of at least 4 members (excludes halogenated alkanes) is 5. The molecule has 2 aromatic carbocycles. The number of nitrogens with zero attached hydrogens (tertiary/aromatic N) is 1. The second kappa shape index (κ2) is 21.4. The quantitative estimate of drug-likeness (QED) is 0.102. The van der Waals surface area contributed by atoms with E-state index >= 15 is 0 Å². The van der Waals surface area contributed by atoms with Gasteiger partial charge in [-0.15, -0.1) is 0 Å². The van der Waals surface area contributed by atoms with Crippen LogP contribution in [0.15, 0.2) is 61.2 Å². The number of carbonyl (C=O) groups is 2. The number of rotatable bonds is 23. The monoisotopic (exact) mass is 569 g/mol. The van der Waals surface area contributed by atoms with E-state index in [1.807, 2.05) is 48.2 Å². The van der Waals surface area contributed by atoms with Gasteiger partial charge in [-0.05, 0) is 86.9 Å². The Morgan fingerprint density at radius 2 is 1.22 bits per heavy atom. The summed E-state index contributed by atoms with van der Waals surface area (Å²) in [5.74, 6) is 1.13. The smallest absolute Gasteiger partial charge is 0.330 e. The molecule has 0 aliphatic carbocycles. The summed E-state index contributed by atoms with van der Waals surface area (Å²) in [6, 6.07) is 16.2. The number of hydrogen-bond acceptors (Lipinski definition) is 8. The van der Waals surface area contributed by atoms with Crippen LogP contribution in [0, 0.1) is 0 Å². The summed E-state index contributed by atoms with van der Waals surface area (Å²) in [6.07, 6.45) is 8.00. The lowest BCUT2D eigenvalue weighted by atomic mass is 10.1. The number of esters is 2. The van der Waals surface area contributed by atoms with E-state index in [4.69, 9.17) is 24.1 Å². The maximum atomic E-state index is 11.8. The van der Waals surface area contributed by atoms with E-state index in [0.717, 1.165) is 74.1 Å². The summed E-state index contributed by atoms with van der Waals surface area (Å²) in [5.41, 5.74) is 2.23. The van der Waals surface area contributed by atoms with Crippen molar-refractivity contribution in [1.82, 2.24) is 4.90 Å². The van der Waals surface area contributed by atoms with Crippen molar-refractivity contribution in [2.75, 3.05) is 52.7 Å². The number of likely N-dealkylation sites (N-methyl/N-ethyl adjacent to an activating group) is 1. The second-order valence-electron chi connectivity index (χ2n) is 9.72. The molecule has 0 aliphatic rings. The molecule has 226 valence electrons. The molecule has 0 unspecified atom stereocenters. The van der Waals surface area contributed by atoms with Crippen LogP contribution in [0.1, 0.15) is 58.3 Å². The highest BCUT2D eigenvalue weighted by molar-refractivity contribution is 5.81. The maximum absolute atomic E-state index is 11.8. The van der Waals surface area contributed by atoms with Gasteiger partial charge < -0.3 is 29.0 Å². The highest BCUT2D eigenvalue weighted by Gasteiger charge is 2.07. The summed E-state index contributed by atoms with van der Waals surface area (Å²) < 4.78 is 22.0. The molecular formula is C33H47NO7. The van der Waals surface area contributed by atoms with Gasteiger partial charge in [0.25, 0.3) is 0 Å². The number of aliphatic hydroxyl groups is 1. The fourth-order valence-corrected chi connectivity index (χ4v) is 4.11. The zero-order valence-electron chi connectivity index (χ0n) is 24.6. The maximum Gasteiger partial charge on any atom is 0.330 e. The number of ether oxygens (including phenoxy) is 4. The molecule has 2 aromatic rings. The van der Waals surface area contributed by atoms with Crippen LogP contribution in [0.3, 0.4) is 0 Å². The topological polar surface area (TPSA) is 94.5 Å². The van der Waals surface area contributed by atoms with E-state index in [9.17, 15) is 9.59 Å². The summed E-state index contributed by atoms with van der Waals surface area (Å²) in [5, 5.41) is 9.00. The van der Waals surface area contributed by atoms with Gasteiger partial charge in [0.2, 0.25) is 0 Å². The summed E-state index contributed by atoms with van der Waals surface area (Å²) in [7, 11) is 0. The van der Waals surface area contributed by atoms with Crippen molar-refractivity contribution >= 4 is 11.9 Å². The first-order chi connectivity index (χ1) is 20.0. The van der Waals surface area contributed by atoms with Gasteiger partial charge in [0.15, 0.2) is 0 Å². The van der Waals surface area contributed by atoms with E-state index in [1.165, 1.54) is 6.08 Å². The molecule has 0 fully saturated rings. The lowest BCUT2D eigenvalue weighted by Gasteiger charge is -2.18. The van der Waals surface area contributed by atoms with Crippen LogP contribution >= 0.6 is 0 Å². The van der Waals surface area contributed by atoms with Crippen LogP contribution in [-0.2, 0) is 19.1 Å². The Balaban J connectivity index is 1.53. The normalized spacial score (nSPS) is 10.8. The lowest BCUT2D eigenvalue weighted by Crippen LogP contribution is -2.29. The van der Waals surface area contributed by atoms with Gasteiger partial charge in [0.1, 0.15) is 11.5 Å². The molecule has 8 nitrogen and oxygen atoms in total. The van der Waals surface area contributed by atoms with Crippen LogP contribution in [0.25, 0.3) is 11.1 Å². The minimum atomic E-state index is -0.379. The van der Waals surface area contributed by atoms with Gasteiger partial charge >= 0.3 is 11.9 Å². The van der Waals surface area contributed by atoms with Gasteiger partial charge in [-0.1, -0.05) is 37.8 Å². The van der Waals surface area contributed by atoms with E-state index in [2.05, 4.69) is 18.7 Å². The Kier molecular flexibility index (Phi) is 17.7. The highest BCUT2D eigenvalue weighted by atomic mass is 16.5. The standard InChI is InChI=1S/C33H47NO7/c1-3-32(36)40-26-11-7-10-25-39-31-18-14-29(15-19-31)28-12-16-30(17-13-28)38-24-8-5-6-9-27-41-33(37)20-21-34(4-2)22-23-35/h3,12-19,35H,1,4-11,20-27H2,2H3. The molecule has 0 saturated heterocycles. The predicted octanol–water partition coefficient (Wildman–Crippen LogP) is 5.82. The zero-order chi connectivity index (χ0) is 29.5. The van der Waals surface area contributed by atoms with Crippen molar-refractivity contribution < 1.29 is 33.6 Å². The zero-order valence-corrected chi connectivity index (χ0v) is 24.6. The third-order valence-electron chi connectivity index (χ3n) is 6.58. The SMILES string of the molecule is C=CC(=O)OCCCCCOc1ccc(-c2ccc(OCCCCCCOC(=O)CCN(CC)CCO)cc2)cc1. The molecule has 0 saturated carbocycles. The van der Waals surface area contributed by atoms with Crippen LogP contribution in [0.4, 0.5) is 0 Å². The van der Waals surface area contributed by atoms with Crippen molar-refractivity contribution in [3.05, 3.63) is 61.2 Å². The van der Waals surface area contributed by atoms with Crippen molar-refractivity contribution in [1.29, 1.82) is 0 Å². The molecule has 0 aromatic heterocycles. The fourth-order valence-electron chi connectivity index (χ4n) is 4.11. The van der Waals surface area contributed by atoms with Crippen LogP contribution in [-0.4, -0.2) is 74.6 Å². The van der Waals surface area contributed by atoms with Gasteiger partial charge in [-0.2, -0.15) is 0 Å². The Morgan fingerprint density at radius 1 is 0.732 bits per heavy atom. The molecule has 41 heavy (non-hydrogen) atoms. The molecule has 8 heteroatoms. The molecule has 0 aliphatic heterocycles. The Morgan fingerprint density at radius 3 is 1.71 bits per heavy atom.